The summed E-state index contributed by atoms with van der Waals surface area (Å²) >= 11 is 1.91. The van der Waals surface area contributed by atoms with E-state index in [9.17, 15) is 4.79 Å². The molecule has 2 aliphatic rings. The molecule has 0 spiro atoms. The average molecular weight is 225 g/mol. The van der Waals surface area contributed by atoms with Crippen molar-refractivity contribution < 1.29 is 4.79 Å². The highest BCUT2D eigenvalue weighted by molar-refractivity contribution is 7.99. The van der Waals surface area contributed by atoms with Gasteiger partial charge in [-0.3, -0.25) is 4.79 Å². The van der Waals surface area contributed by atoms with E-state index in [1.165, 1.54) is 0 Å². The van der Waals surface area contributed by atoms with Crippen LogP contribution in [0, 0.1) is 0 Å². The van der Waals surface area contributed by atoms with Crippen molar-refractivity contribution in [2.24, 2.45) is 0 Å². The number of rotatable bonds is 1. The summed E-state index contributed by atoms with van der Waals surface area (Å²) in [6, 6.07) is 0.506. The second-order valence-corrected chi connectivity index (χ2v) is 5.45. The first-order chi connectivity index (χ1) is 7.38. The van der Waals surface area contributed by atoms with Crippen molar-refractivity contribution in [1.29, 1.82) is 0 Å². The predicted molar refractivity (Wildman–Crippen MR) is 65.1 cm³/mol. The van der Waals surface area contributed by atoms with Gasteiger partial charge in [-0.25, -0.2) is 0 Å². The fourth-order valence-corrected chi connectivity index (χ4v) is 3.20. The van der Waals surface area contributed by atoms with Crippen LogP contribution in [0.4, 0.5) is 0 Å². The molecule has 0 aromatic rings. The van der Waals surface area contributed by atoms with Gasteiger partial charge in [0, 0.05) is 30.5 Å². The summed E-state index contributed by atoms with van der Waals surface area (Å²) in [7, 11) is 0. The van der Waals surface area contributed by atoms with Crippen molar-refractivity contribution in [3.05, 3.63) is 12.2 Å². The number of nitrogens with zero attached hydrogens (tertiary/aromatic N) is 1. The second-order valence-electron chi connectivity index (χ2n) is 4.23. The van der Waals surface area contributed by atoms with E-state index in [1.807, 2.05) is 11.8 Å². The van der Waals surface area contributed by atoms with Gasteiger partial charge in [0.05, 0.1) is 0 Å². The summed E-state index contributed by atoms with van der Waals surface area (Å²) in [6.07, 6.45) is 9.87. The molecule has 1 aliphatic carbocycles. The van der Waals surface area contributed by atoms with Gasteiger partial charge in [-0.1, -0.05) is 12.2 Å². The summed E-state index contributed by atoms with van der Waals surface area (Å²) in [5.41, 5.74) is 0. The minimum absolute atomic E-state index is 0.381. The highest BCUT2D eigenvalue weighted by Gasteiger charge is 2.24. The van der Waals surface area contributed by atoms with Gasteiger partial charge < -0.3 is 4.90 Å². The normalized spacial score (nSPS) is 25.1. The number of carbonyl (C=O) groups excluding carboxylic acids is 1. The lowest BCUT2D eigenvalue weighted by Crippen LogP contribution is -2.40. The zero-order valence-electron chi connectivity index (χ0n) is 9.15. The molecule has 0 unspecified atom stereocenters. The summed E-state index contributed by atoms with van der Waals surface area (Å²) in [5.74, 6) is 2.52. The molecular weight excluding hydrogens is 206 g/mol. The molecule has 0 aromatic carbocycles. The van der Waals surface area contributed by atoms with Crippen LogP contribution in [0.25, 0.3) is 0 Å². The standard InChI is InChI=1S/C12H19NOS/c14-12-7-9-15-10-8-13(12)11-5-3-1-2-4-6-11/h1-2,11H,3-10H2. The molecule has 1 heterocycles. The van der Waals surface area contributed by atoms with Crippen LogP contribution in [-0.2, 0) is 4.79 Å². The van der Waals surface area contributed by atoms with E-state index >= 15 is 0 Å². The van der Waals surface area contributed by atoms with Crippen LogP contribution in [0.5, 0.6) is 0 Å². The third kappa shape index (κ3) is 3.00. The van der Waals surface area contributed by atoms with E-state index < -0.39 is 0 Å². The number of hydrogen-bond donors (Lipinski definition) is 0. The Balaban J connectivity index is 1.97. The summed E-state index contributed by atoms with van der Waals surface area (Å²) in [5, 5.41) is 0. The van der Waals surface area contributed by atoms with Crippen molar-refractivity contribution in [2.75, 3.05) is 18.1 Å². The SMILES string of the molecule is O=C1CCSCCN1C1CCC=CCC1. The number of hydrogen-bond acceptors (Lipinski definition) is 2. The van der Waals surface area contributed by atoms with Gasteiger partial charge in [0.15, 0.2) is 0 Å². The molecule has 1 saturated heterocycles. The fourth-order valence-electron chi connectivity index (χ4n) is 2.35. The first-order valence-electron chi connectivity index (χ1n) is 5.90. The van der Waals surface area contributed by atoms with Gasteiger partial charge in [0.25, 0.3) is 0 Å². The molecular formula is C12H19NOS. The lowest BCUT2D eigenvalue weighted by atomic mass is 10.1. The second kappa shape index (κ2) is 5.59. The molecule has 0 atom stereocenters. The maximum absolute atomic E-state index is 11.9. The van der Waals surface area contributed by atoms with E-state index in [2.05, 4.69) is 17.1 Å². The van der Waals surface area contributed by atoms with Crippen molar-refractivity contribution in [1.82, 2.24) is 4.90 Å². The maximum atomic E-state index is 11.9. The molecule has 15 heavy (non-hydrogen) atoms. The van der Waals surface area contributed by atoms with Crippen molar-refractivity contribution >= 4 is 17.7 Å². The third-order valence-corrected chi connectivity index (χ3v) is 4.16. The van der Waals surface area contributed by atoms with Gasteiger partial charge in [0.2, 0.25) is 5.91 Å². The number of allylic oxidation sites excluding steroid dienone is 2. The lowest BCUT2D eigenvalue weighted by Gasteiger charge is -2.29. The number of amides is 1. The predicted octanol–water partition coefficient (Wildman–Crippen LogP) is 2.45. The lowest BCUT2D eigenvalue weighted by molar-refractivity contribution is -0.132. The van der Waals surface area contributed by atoms with Gasteiger partial charge in [-0.15, -0.1) is 0 Å². The molecule has 1 fully saturated rings. The molecule has 2 nitrogen and oxygen atoms in total. The van der Waals surface area contributed by atoms with Gasteiger partial charge in [-0.05, 0) is 25.7 Å². The van der Waals surface area contributed by atoms with Crippen LogP contribution >= 0.6 is 11.8 Å². The van der Waals surface area contributed by atoms with Crippen LogP contribution in [0.15, 0.2) is 12.2 Å². The fraction of sp³-hybridized carbons (Fsp3) is 0.750. The first-order valence-corrected chi connectivity index (χ1v) is 7.05. The highest BCUT2D eigenvalue weighted by atomic mass is 32.2. The van der Waals surface area contributed by atoms with E-state index in [4.69, 9.17) is 0 Å². The maximum Gasteiger partial charge on any atom is 0.223 e. The van der Waals surface area contributed by atoms with E-state index in [0.29, 0.717) is 11.9 Å². The Kier molecular flexibility index (Phi) is 4.12. The molecule has 2 rings (SSSR count). The average Bonchev–Trinajstić information content (AvgIpc) is 2.59. The summed E-state index contributed by atoms with van der Waals surface area (Å²) in [6.45, 7) is 0.966. The largest absolute Gasteiger partial charge is 0.339 e. The van der Waals surface area contributed by atoms with Crippen LogP contribution in [-0.4, -0.2) is 34.9 Å². The van der Waals surface area contributed by atoms with Gasteiger partial charge in [-0.2, -0.15) is 11.8 Å². The zero-order valence-corrected chi connectivity index (χ0v) is 9.97. The molecule has 84 valence electrons. The van der Waals surface area contributed by atoms with Crippen molar-refractivity contribution in [2.45, 2.75) is 38.1 Å². The minimum Gasteiger partial charge on any atom is -0.339 e. The van der Waals surface area contributed by atoms with Crippen LogP contribution in [0.3, 0.4) is 0 Å². The van der Waals surface area contributed by atoms with Crippen LogP contribution in [0.2, 0.25) is 0 Å². The Hall–Kier alpha value is -0.440. The van der Waals surface area contributed by atoms with E-state index in [0.717, 1.165) is 50.2 Å². The molecule has 0 N–H and O–H groups in total. The van der Waals surface area contributed by atoms with Gasteiger partial charge in [0.1, 0.15) is 0 Å². The van der Waals surface area contributed by atoms with Crippen molar-refractivity contribution in [3.8, 4) is 0 Å². The van der Waals surface area contributed by atoms with Crippen molar-refractivity contribution in [3.63, 3.8) is 0 Å². The van der Waals surface area contributed by atoms with Gasteiger partial charge >= 0.3 is 0 Å². The Morgan fingerprint density at radius 2 is 1.93 bits per heavy atom. The molecule has 3 heteroatoms. The Labute approximate surface area is 96.1 Å². The topological polar surface area (TPSA) is 20.3 Å². The van der Waals surface area contributed by atoms with E-state index in [1.54, 1.807) is 0 Å². The molecule has 1 amide bonds. The quantitative estimate of drug-likeness (QED) is 0.639. The molecule has 0 bridgehead atoms. The third-order valence-electron chi connectivity index (χ3n) is 3.20. The summed E-state index contributed by atoms with van der Waals surface area (Å²) in [4.78, 5) is 14.1. The Morgan fingerprint density at radius 1 is 1.20 bits per heavy atom. The summed E-state index contributed by atoms with van der Waals surface area (Å²) < 4.78 is 0. The number of carbonyl (C=O) groups is 1. The first kappa shape index (κ1) is 11.1. The highest BCUT2D eigenvalue weighted by Crippen LogP contribution is 2.21. The minimum atomic E-state index is 0.381. The Morgan fingerprint density at radius 3 is 2.67 bits per heavy atom. The molecule has 0 radical (unpaired) electrons. The molecule has 0 saturated carbocycles. The smallest absolute Gasteiger partial charge is 0.223 e. The Bertz CT molecular complexity index is 242. The molecule has 1 aliphatic heterocycles. The monoisotopic (exact) mass is 225 g/mol. The number of thioether (sulfide) groups is 1. The van der Waals surface area contributed by atoms with Crippen LogP contribution in [0.1, 0.15) is 32.1 Å². The van der Waals surface area contributed by atoms with E-state index in [-0.39, 0.29) is 0 Å². The zero-order chi connectivity index (χ0) is 10.5. The molecule has 0 aromatic heterocycles. The van der Waals surface area contributed by atoms with Crippen LogP contribution < -0.4 is 0 Å².